The third-order valence-corrected chi connectivity index (χ3v) is 5.07. The second-order valence-corrected chi connectivity index (χ2v) is 7.19. The molecular weight excluding hydrogens is 367 g/mol. The summed E-state index contributed by atoms with van der Waals surface area (Å²) in [6.07, 6.45) is 0.518. The summed E-state index contributed by atoms with van der Waals surface area (Å²) >= 11 is 0. The van der Waals surface area contributed by atoms with Crippen molar-refractivity contribution in [1.29, 1.82) is 0 Å². The van der Waals surface area contributed by atoms with Gasteiger partial charge in [-0.15, -0.1) is 0 Å². The summed E-state index contributed by atoms with van der Waals surface area (Å²) in [5.41, 5.74) is 2.36. The third-order valence-electron chi connectivity index (χ3n) is 5.07. The molecule has 0 spiro atoms. The van der Waals surface area contributed by atoms with Crippen molar-refractivity contribution in [2.24, 2.45) is 11.8 Å². The highest BCUT2D eigenvalue weighted by Crippen LogP contribution is 2.42. The summed E-state index contributed by atoms with van der Waals surface area (Å²) < 4.78 is 13.0. The highest BCUT2D eigenvalue weighted by Gasteiger charge is 2.49. The standard InChI is InChI=1S/C24H21FN2O2/c25-18-11-13-19(14-12-18)26-23(28)21-15-22(21)24(29)27(20-9-5-2-6-10-20)16-17-7-3-1-4-8-17/h1-14,21-22H,15-16H2,(H,26,28). The maximum Gasteiger partial charge on any atom is 0.231 e. The van der Waals surface area contributed by atoms with Gasteiger partial charge in [0.1, 0.15) is 5.82 Å². The van der Waals surface area contributed by atoms with Crippen LogP contribution in [0.2, 0.25) is 0 Å². The fourth-order valence-corrected chi connectivity index (χ4v) is 3.40. The van der Waals surface area contributed by atoms with E-state index < -0.39 is 0 Å². The number of halogens is 1. The Bertz CT molecular complexity index is 990. The molecule has 1 aliphatic rings. The van der Waals surface area contributed by atoms with Crippen molar-refractivity contribution >= 4 is 23.2 Å². The SMILES string of the molecule is O=C(Nc1ccc(F)cc1)C1CC1C(=O)N(Cc1ccccc1)c1ccccc1. The Balaban J connectivity index is 1.47. The fourth-order valence-electron chi connectivity index (χ4n) is 3.40. The summed E-state index contributed by atoms with van der Waals surface area (Å²) in [7, 11) is 0. The number of amides is 2. The molecule has 29 heavy (non-hydrogen) atoms. The van der Waals surface area contributed by atoms with Gasteiger partial charge in [-0.2, -0.15) is 0 Å². The quantitative estimate of drug-likeness (QED) is 0.669. The first-order valence-electron chi connectivity index (χ1n) is 9.58. The monoisotopic (exact) mass is 388 g/mol. The lowest BCUT2D eigenvalue weighted by Crippen LogP contribution is -2.33. The number of para-hydroxylation sites is 1. The molecule has 2 amide bonds. The highest BCUT2D eigenvalue weighted by molar-refractivity contribution is 6.04. The molecule has 0 aromatic heterocycles. The molecule has 0 aliphatic heterocycles. The molecule has 146 valence electrons. The Morgan fingerprint density at radius 3 is 2.14 bits per heavy atom. The minimum absolute atomic E-state index is 0.0562. The topological polar surface area (TPSA) is 49.4 Å². The van der Waals surface area contributed by atoms with E-state index in [1.54, 1.807) is 4.90 Å². The van der Waals surface area contributed by atoms with Gasteiger partial charge in [0, 0.05) is 11.4 Å². The van der Waals surface area contributed by atoms with Gasteiger partial charge in [0.15, 0.2) is 0 Å². The highest BCUT2D eigenvalue weighted by atomic mass is 19.1. The van der Waals surface area contributed by atoms with Crippen LogP contribution >= 0.6 is 0 Å². The number of carbonyl (C=O) groups is 2. The van der Waals surface area contributed by atoms with Crippen molar-refractivity contribution in [2.75, 3.05) is 10.2 Å². The zero-order chi connectivity index (χ0) is 20.2. The molecule has 0 heterocycles. The van der Waals surface area contributed by atoms with E-state index in [9.17, 15) is 14.0 Å². The van der Waals surface area contributed by atoms with Gasteiger partial charge >= 0.3 is 0 Å². The summed E-state index contributed by atoms with van der Waals surface area (Å²) in [4.78, 5) is 27.5. The lowest BCUT2D eigenvalue weighted by Gasteiger charge is -2.23. The average Bonchev–Trinajstić information content (AvgIpc) is 3.56. The predicted molar refractivity (Wildman–Crippen MR) is 111 cm³/mol. The Kier molecular flexibility index (Phi) is 5.38. The van der Waals surface area contributed by atoms with Gasteiger partial charge in [0.25, 0.3) is 0 Å². The maximum absolute atomic E-state index is 13.2. The molecule has 2 unspecified atom stereocenters. The molecule has 1 fully saturated rings. The fraction of sp³-hybridized carbons (Fsp3) is 0.167. The summed E-state index contributed by atoms with van der Waals surface area (Å²) in [6, 6.07) is 24.9. The first-order chi connectivity index (χ1) is 14.1. The molecule has 3 aromatic carbocycles. The second-order valence-electron chi connectivity index (χ2n) is 7.19. The van der Waals surface area contributed by atoms with Gasteiger partial charge in [0.2, 0.25) is 11.8 Å². The number of carbonyl (C=O) groups excluding carboxylic acids is 2. The Hall–Kier alpha value is -3.47. The minimum Gasteiger partial charge on any atom is -0.326 e. The lowest BCUT2D eigenvalue weighted by molar-refractivity contribution is -0.123. The van der Waals surface area contributed by atoms with Gasteiger partial charge in [0.05, 0.1) is 18.4 Å². The molecule has 4 rings (SSSR count). The summed E-state index contributed by atoms with van der Waals surface area (Å²) in [5, 5.41) is 2.77. The van der Waals surface area contributed by atoms with Gasteiger partial charge < -0.3 is 10.2 Å². The van der Waals surface area contributed by atoms with Gasteiger partial charge in [-0.05, 0) is 48.4 Å². The Labute approximate surface area is 169 Å². The third kappa shape index (κ3) is 4.51. The van der Waals surface area contributed by atoms with Crippen molar-refractivity contribution in [3.05, 3.63) is 96.3 Å². The lowest BCUT2D eigenvalue weighted by atomic mass is 10.1. The molecule has 5 heteroatoms. The molecule has 3 aromatic rings. The van der Waals surface area contributed by atoms with E-state index >= 15 is 0 Å². The molecule has 0 radical (unpaired) electrons. The van der Waals surface area contributed by atoms with Gasteiger partial charge in [-0.3, -0.25) is 9.59 Å². The van der Waals surface area contributed by atoms with Gasteiger partial charge in [-0.1, -0.05) is 48.5 Å². The van der Waals surface area contributed by atoms with Crippen LogP contribution in [0.25, 0.3) is 0 Å². The molecule has 0 saturated heterocycles. The van der Waals surface area contributed by atoms with Gasteiger partial charge in [-0.25, -0.2) is 4.39 Å². The van der Waals surface area contributed by atoms with Crippen molar-refractivity contribution in [3.8, 4) is 0 Å². The number of nitrogens with zero attached hydrogens (tertiary/aromatic N) is 1. The van der Waals surface area contributed by atoms with Crippen molar-refractivity contribution in [2.45, 2.75) is 13.0 Å². The number of benzene rings is 3. The van der Waals surface area contributed by atoms with Crippen LogP contribution in [0.4, 0.5) is 15.8 Å². The van der Waals surface area contributed by atoms with Crippen LogP contribution in [0, 0.1) is 17.7 Å². The predicted octanol–water partition coefficient (Wildman–Crippen LogP) is 4.63. The number of nitrogens with one attached hydrogen (secondary N) is 1. The number of anilines is 2. The number of hydrogen-bond donors (Lipinski definition) is 1. The summed E-state index contributed by atoms with van der Waals surface area (Å²) in [6.45, 7) is 0.451. The van der Waals surface area contributed by atoms with E-state index in [0.29, 0.717) is 18.7 Å². The maximum atomic E-state index is 13.2. The van der Waals surface area contributed by atoms with Crippen LogP contribution < -0.4 is 10.2 Å². The first-order valence-corrected chi connectivity index (χ1v) is 9.58. The smallest absolute Gasteiger partial charge is 0.231 e. The van der Waals surface area contributed by atoms with E-state index in [4.69, 9.17) is 0 Å². The molecular formula is C24H21FN2O2. The van der Waals surface area contributed by atoms with Crippen LogP contribution in [0.3, 0.4) is 0 Å². The van der Waals surface area contributed by atoms with Crippen molar-refractivity contribution in [1.82, 2.24) is 0 Å². The van der Waals surface area contributed by atoms with E-state index in [1.807, 2.05) is 60.7 Å². The molecule has 1 saturated carbocycles. The zero-order valence-corrected chi connectivity index (χ0v) is 15.8. The zero-order valence-electron chi connectivity index (χ0n) is 15.8. The van der Waals surface area contributed by atoms with Crippen LogP contribution in [0.1, 0.15) is 12.0 Å². The van der Waals surface area contributed by atoms with E-state index in [2.05, 4.69) is 5.32 Å². The number of hydrogen-bond acceptors (Lipinski definition) is 2. The van der Waals surface area contributed by atoms with Crippen LogP contribution in [-0.2, 0) is 16.1 Å². The molecule has 1 N–H and O–H groups in total. The molecule has 4 nitrogen and oxygen atoms in total. The minimum atomic E-state index is -0.366. The average molecular weight is 388 g/mol. The van der Waals surface area contributed by atoms with Crippen LogP contribution in [0.15, 0.2) is 84.9 Å². The van der Waals surface area contributed by atoms with Crippen LogP contribution in [0.5, 0.6) is 0 Å². The second kappa shape index (κ2) is 8.27. The largest absolute Gasteiger partial charge is 0.326 e. The van der Waals surface area contributed by atoms with E-state index in [1.165, 1.54) is 24.3 Å². The van der Waals surface area contributed by atoms with Crippen molar-refractivity contribution in [3.63, 3.8) is 0 Å². The normalized spacial score (nSPS) is 17.4. The summed E-state index contributed by atoms with van der Waals surface area (Å²) in [5.74, 6) is -1.34. The molecule has 2 atom stereocenters. The molecule has 1 aliphatic carbocycles. The van der Waals surface area contributed by atoms with Crippen molar-refractivity contribution < 1.29 is 14.0 Å². The van der Waals surface area contributed by atoms with Crippen LogP contribution in [-0.4, -0.2) is 11.8 Å². The van der Waals surface area contributed by atoms with E-state index in [0.717, 1.165) is 11.3 Å². The molecule has 0 bridgehead atoms. The first kappa shape index (κ1) is 18.9. The van der Waals surface area contributed by atoms with E-state index in [-0.39, 0.29) is 29.5 Å². The Morgan fingerprint density at radius 1 is 0.862 bits per heavy atom. The number of rotatable bonds is 6. The Morgan fingerprint density at radius 2 is 1.48 bits per heavy atom.